The molecule has 0 radical (unpaired) electrons. The van der Waals surface area contributed by atoms with Gasteiger partial charge in [-0.1, -0.05) is 0 Å². The van der Waals surface area contributed by atoms with Crippen LogP contribution >= 0.6 is 0 Å². The van der Waals surface area contributed by atoms with Crippen LogP contribution in [-0.4, -0.2) is 51.4 Å². The Labute approximate surface area is 184 Å². The van der Waals surface area contributed by atoms with E-state index in [1.54, 1.807) is 28.3 Å². The van der Waals surface area contributed by atoms with Gasteiger partial charge in [0.25, 0.3) is 11.5 Å². The molecule has 1 aliphatic heterocycles. The number of anilines is 3. The van der Waals surface area contributed by atoms with Crippen LogP contribution in [0.2, 0.25) is 0 Å². The van der Waals surface area contributed by atoms with Crippen LogP contribution in [0.15, 0.2) is 35.4 Å². The minimum Gasteiger partial charge on any atom is -0.381 e. The first kappa shape index (κ1) is 19.3. The fourth-order valence-corrected chi connectivity index (χ4v) is 4.78. The summed E-state index contributed by atoms with van der Waals surface area (Å²) in [6.45, 7) is 1.44. The fraction of sp³-hybridized carbons (Fsp3) is 0.455. The van der Waals surface area contributed by atoms with E-state index in [0.29, 0.717) is 40.4 Å². The van der Waals surface area contributed by atoms with Gasteiger partial charge >= 0.3 is 0 Å². The van der Waals surface area contributed by atoms with Crippen LogP contribution in [0.1, 0.15) is 35.7 Å². The lowest BCUT2D eigenvalue weighted by Crippen LogP contribution is -2.39. The quantitative estimate of drug-likeness (QED) is 0.541. The summed E-state index contributed by atoms with van der Waals surface area (Å²) < 4.78 is 8.85. The SMILES string of the molecule is CNc1cc(Nc2cccn([C@H]3[C@@H]4COC[C@@H]43)c2=O)nc2c(C(=O)NC3CCC3)cnn12. The van der Waals surface area contributed by atoms with Gasteiger partial charge in [0, 0.05) is 43.2 Å². The standard InChI is InChI=1S/C22H25N7O3/c1-23-18-8-17(27-20-13(9-24-29(18)20)21(30)25-12-4-2-5-12)26-16-6-3-7-28(22(16)31)19-14-10-32-11-15(14)19/h3,6-9,12,14-15,19,23H,2,4-5,10-11H2,1H3,(H,25,30)(H,26,27)/t14-,15+,19+. The van der Waals surface area contributed by atoms with Crippen molar-refractivity contribution in [2.45, 2.75) is 31.3 Å². The highest BCUT2D eigenvalue weighted by Gasteiger charge is 2.55. The van der Waals surface area contributed by atoms with E-state index in [9.17, 15) is 9.59 Å². The normalized spacial score (nSPS) is 24.1. The lowest BCUT2D eigenvalue weighted by molar-refractivity contribution is 0.0918. The topological polar surface area (TPSA) is 115 Å². The molecule has 0 spiro atoms. The average Bonchev–Trinajstić information content (AvgIpc) is 3.09. The van der Waals surface area contributed by atoms with Crippen LogP contribution < -0.4 is 21.5 Å². The molecule has 0 aromatic carbocycles. The van der Waals surface area contributed by atoms with Crippen molar-refractivity contribution in [1.82, 2.24) is 24.5 Å². The van der Waals surface area contributed by atoms with Crippen LogP contribution in [0.5, 0.6) is 0 Å². The summed E-state index contributed by atoms with van der Waals surface area (Å²) in [5, 5.41) is 13.6. The van der Waals surface area contributed by atoms with E-state index in [2.05, 4.69) is 26.0 Å². The lowest BCUT2D eigenvalue weighted by atomic mass is 9.93. The maximum absolute atomic E-state index is 13.1. The Morgan fingerprint density at radius 2 is 2.06 bits per heavy atom. The number of carbonyl (C=O) groups is 1. The number of carbonyl (C=O) groups excluding carboxylic acids is 1. The van der Waals surface area contributed by atoms with Gasteiger partial charge in [0.2, 0.25) is 0 Å². The van der Waals surface area contributed by atoms with Gasteiger partial charge in [-0.05, 0) is 31.4 Å². The first-order valence-electron chi connectivity index (χ1n) is 11.1. The third-order valence-corrected chi connectivity index (χ3v) is 6.88. The maximum atomic E-state index is 13.1. The fourth-order valence-electron chi connectivity index (χ4n) is 4.78. The highest BCUT2D eigenvalue weighted by Crippen LogP contribution is 2.53. The van der Waals surface area contributed by atoms with Crippen molar-refractivity contribution in [2.24, 2.45) is 11.8 Å². The van der Waals surface area contributed by atoms with E-state index in [-0.39, 0.29) is 23.6 Å². The van der Waals surface area contributed by atoms with Gasteiger partial charge in [-0.3, -0.25) is 9.59 Å². The predicted molar refractivity (Wildman–Crippen MR) is 118 cm³/mol. The number of nitrogens with one attached hydrogen (secondary N) is 3. The summed E-state index contributed by atoms with van der Waals surface area (Å²) >= 11 is 0. The molecule has 3 fully saturated rings. The van der Waals surface area contributed by atoms with E-state index >= 15 is 0 Å². The molecule has 2 saturated carbocycles. The Hall–Kier alpha value is -3.40. The van der Waals surface area contributed by atoms with Crippen LogP contribution in [0.4, 0.5) is 17.3 Å². The molecule has 3 N–H and O–H groups in total. The molecule has 10 nitrogen and oxygen atoms in total. The smallest absolute Gasteiger partial charge is 0.274 e. The van der Waals surface area contributed by atoms with Gasteiger partial charge in [-0.2, -0.15) is 9.61 Å². The molecule has 3 aliphatic rings. The molecule has 3 atom stereocenters. The first-order chi connectivity index (χ1) is 15.6. The van der Waals surface area contributed by atoms with Crippen molar-refractivity contribution in [3.63, 3.8) is 0 Å². The zero-order valence-electron chi connectivity index (χ0n) is 17.7. The van der Waals surface area contributed by atoms with Gasteiger partial charge in [0.1, 0.15) is 22.9 Å². The Morgan fingerprint density at radius 1 is 1.25 bits per heavy atom. The van der Waals surface area contributed by atoms with Gasteiger partial charge in [-0.15, -0.1) is 0 Å². The number of fused-ring (bicyclic) bond motifs is 2. The van der Waals surface area contributed by atoms with Gasteiger partial charge in [0.05, 0.1) is 19.4 Å². The number of amides is 1. The minimum atomic E-state index is -0.180. The summed E-state index contributed by atoms with van der Waals surface area (Å²) in [5.74, 6) is 1.80. The Morgan fingerprint density at radius 3 is 2.78 bits per heavy atom. The van der Waals surface area contributed by atoms with E-state index < -0.39 is 0 Å². The third kappa shape index (κ3) is 3.05. The predicted octanol–water partition coefficient (Wildman–Crippen LogP) is 1.78. The van der Waals surface area contributed by atoms with E-state index in [4.69, 9.17) is 4.74 Å². The number of hydrogen-bond acceptors (Lipinski definition) is 7. The first-order valence-corrected chi connectivity index (χ1v) is 11.1. The van der Waals surface area contributed by atoms with Crippen molar-refractivity contribution in [3.05, 3.63) is 46.5 Å². The maximum Gasteiger partial charge on any atom is 0.274 e. The minimum absolute atomic E-state index is 0.0870. The summed E-state index contributed by atoms with van der Waals surface area (Å²) in [6, 6.07) is 5.81. The number of nitrogens with zero attached hydrogens (tertiary/aromatic N) is 4. The monoisotopic (exact) mass is 435 g/mol. The second-order valence-corrected chi connectivity index (χ2v) is 8.79. The Kier molecular flexibility index (Phi) is 4.42. The molecule has 0 bridgehead atoms. The second kappa shape index (κ2) is 7.33. The molecule has 32 heavy (non-hydrogen) atoms. The van der Waals surface area contributed by atoms with Crippen LogP contribution in [0, 0.1) is 11.8 Å². The molecular weight excluding hydrogens is 410 g/mol. The second-order valence-electron chi connectivity index (χ2n) is 8.79. The molecule has 6 rings (SSSR count). The van der Waals surface area contributed by atoms with Gasteiger partial charge in [-0.25, -0.2) is 4.98 Å². The summed E-state index contributed by atoms with van der Waals surface area (Å²) in [4.78, 5) is 30.5. The number of pyridine rings is 1. The van der Waals surface area contributed by atoms with E-state index in [1.807, 2.05) is 12.3 Å². The number of rotatable bonds is 6. The molecule has 1 amide bonds. The van der Waals surface area contributed by atoms with Crippen LogP contribution in [-0.2, 0) is 4.74 Å². The van der Waals surface area contributed by atoms with Crippen molar-refractivity contribution < 1.29 is 9.53 Å². The Bertz CT molecular complexity index is 1250. The zero-order valence-corrected chi connectivity index (χ0v) is 17.7. The van der Waals surface area contributed by atoms with E-state index in [1.165, 1.54) is 6.20 Å². The molecule has 1 saturated heterocycles. The molecule has 4 heterocycles. The number of hydrogen-bond donors (Lipinski definition) is 3. The van der Waals surface area contributed by atoms with Crippen molar-refractivity contribution in [2.75, 3.05) is 30.9 Å². The highest BCUT2D eigenvalue weighted by atomic mass is 16.5. The number of aromatic nitrogens is 4. The Balaban J connectivity index is 1.32. The molecular formula is C22H25N7O3. The molecule has 3 aromatic heterocycles. The molecule has 10 heteroatoms. The molecule has 2 aliphatic carbocycles. The van der Waals surface area contributed by atoms with Gasteiger partial charge < -0.3 is 25.3 Å². The zero-order chi connectivity index (χ0) is 21.8. The summed E-state index contributed by atoms with van der Waals surface area (Å²) in [6.07, 6.45) is 6.51. The number of ether oxygens (including phenoxy) is 1. The van der Waals surface area contributed by atoms with Crippen molar-refractivity contribution in [1.29, 1.82) is 0 Å². The van der Waals surface area contributed by atoms with Crippen LogP contribution in [0.25, 0.3) is 5.65 Å². The average molecular weight is 435 g/mol. The largest absolute Gasteiger partial charge is 0.381 e. The van der Waals surface area contributed by atoms with Gasteiger partial charge in [0.15, 0.2) is 5.65 Å². The highest BCUT2D eigenvalue weighted by molar-refractivity contribution is 6.00. The molecule has 0 unspecified atom stereocenters. The van der Waals surface area contributed by atoms with E-state index in [0.717, 1.165) is 32.5 Å². The van der Waals surface area contributed by atoms with Crippen LogP contribution in [0.3, 0.4) is 0 Å². The van der Waals surface area contributed by atoms with Crippen molar-refractivity contribution in [3.8, 4) is 0 Å². The molecule has 166 valence electrons. The molecule has 3 aromatic rings. The summed E-state index contributed by atoms with van der Waals surface area (Å²) in [7, 11) is 1.78. The summed E-state index contributed by atoms with van der Waals surface area (Å²) in [5.41, 5.74) is 1.20. The lowest BCUT2D eigenvalue weighted by Gasteiger charge is -2.26. The van der Waals surface area contributed by atoms with Crippen molar-refractivity contribution >= 4 is 28.9 Å². The third-order valence-electron chi connectivity index (χ3n) is 6.88.